The number of rotatable bonds is 17. The van der Waals surface area contributed by atoms with Crippen molar-refractivity contribution in [1.82, 2.24) is 0 Å². The van der Waals surface area contributed by atoms with E-state index in [1.807, 2.05) is 0 Å². The van der Waals surface area contributed by atoms with Crippen LogP contribution in [0.2, 0.25) is 0 Å². The molecule has 2 nitrogen and oxygen atoms in total. The van der Waals surface area contributed by atoms with Gasteiger partial charge in [0.1, 0.15) is 0 Å². The molecule has 142 valence electrons. The molecule has 0 fully saturated rings. The van der Waals surface area contributed by atoms with Crippen molar-refractivity contribution in [2.45, 2.75) is 123 Å². The molecule has 0 aromatic rings. The maximum Gasteiger partial charge on any atom is 0.0431 e. The van der Waals surface area contributed by atoms with Gasteiger partial charge in [-0.05, 0) is 19.4 Å². The van der Waals surface area contributed by atoms with Crippen molar-refractivity contribution >= 4 is 0 Å². The SMILES string of the molecule is CCCCCCCCCCCCCCCCCCO.CCCN. The molecule has 3 N–H and O–H groups in total. The highest BCUT2D eigenvalue weighted by Crippen LogP contribution is 2.13. The Morgan fingerprint density at radius 2 is 0.739 bits per heavy atom. The summed E-state index contributed by atoms with van der Waals surface area (Å²) in [5.74, 6) is 0. The monoisotopic (exact) mass is 329 g/mol. The first kappa shape index (κ1) is 25.2. The average Bonchev–Trinajstić information content (AvgIpc) is 2.58. The molecule has 0 amide bonds. The first-order valence-electron chi connectivity index (χ1n) is 10.6. The van der Waals surface area contributed by atoms with E-state index in [0.717, 1.165) is 19.4 Å². The van der Waals surface area contributed by atoms with Gasteiger partial charge in [-0.3, -0.25) is 0 Å². The molecule has 0 radical (unpaired) electrons. The predicted molar refractivity (Wildman–Crippen MR) is 106 cm³/mol. The standard InChI is InChI=1S/C18H38O.C3H9N/c1-2-3-4-5-6-7-8-9-10-11-12-13-14-15-16-17-18-19;1-2-3-4/h19H,2-18H2,1H3;2-4H2,1H3. The van der Waals surface area contributed by atoms with Gasteiger partial charge in [0, 0.05) is 6.61 Å². The highest BCUT2D eigenvalue weighted by molar-refractivity contribution is 4.49. The first-order chi connectivity index (χ1) is 11.3. The van der Waals surface area contributed by atoms with Gasteiger partial charge in [-0.1, -0.05) is 110 Å². The molecule has 0 aliphatic rings. The molecule has 0 spiro atoms. The van der Waals surface area contributed by atoms with E-state index in [2.05, 4.69) is 13.8 Å². The second kappa shape index (κ2) is 26.8. The number of unbranched alkanes of at least 4 members (excludes halogenated alkanes) is 15. The van der Waals surface area contributed by atoms with Crippen LogP contribution in [0.1, 0.15) is 123 Å². The highest BCUT2D eigenvalue weighted by Gasteiger charge is 1.94. The minimum atomic E-state index is 0.373. The minimum absolute atomic E-state index is 0.373. The molecule has 0 unspecified atom stereocenters. The summed E-state index contributed by atoms with van der Waals surface area (Å²) >= 11 is 0. The van der Waals surface area contributed by atoms with E-state index in [9.17, 15) is 0 Å². The Morgan fingerprint density at radius 1 is 0.478 bits per heavy atom. The van der Waals surface area contributed by atoms with E-state index in [4.69, 9.17) is 10.8 Å². The number of aliphatic hydroxyl groups excluding tert-OH is 1. The highest BCUT2D eigenvalue weighted by atomic mass is 16.2. The van der Waals surface area contributed by atoms with Crippen molar-refractivity contribution in [3.8, 4) is 0 Å². The summed E-state index contributed by atoms with van der Waals surface area (Å²) in [7, 11) is 0. The third-order valence-corrected chi connectivity index (χ3v) is 4.30. The zero-order chi connectivity index (χ0) is 17.4. The lowest BCUT2D eigenvalue weighted by molar-refractivity contribution is 0.282. The molecule has 0 rings (SSSR count). The fourth-order valence-corrected chi connectivity index (χ4v) is 2.66. The quantitative estimate of drug-likeness (QED) is 0.295. The Bertz CT molecular complexity index is 155. The van der Waals surface area contributed by atoms with Crippen molar-refractivity contribution in [2.75, 3.05) is 13.2 Å². The Labute approximate surface area is 147 Å². The fraction of sp³-hybridized carbons (Fsp3) is 1.00. The molecule has 0 atom stereocenters. The van der Waals surface area contributed by atoms with E-state index in [0.29, 0.717) is 6.61 Å². The number of nitrogens with two attached hydrogens (primary N) is 1. The zero-order valence-electron chi connectivity index (χ0n) is 16.5. The molecular weight excluding hydrogens is 282 g/mol. The largest absolute Gasteiger partial charge is 0.396 e. The van der Waals surface area contributed by atoms with Gasteiger partial charge in [0.05, 0.1) is 0 Å². The Hall–Kier alpha value is -0.0800. The van der Waals surface area contributed by atoms with E-state index >= 15 is 0 Å². The Kier molecular flexibility index (Phi) is 29.3. The molecular formula is C21H47NO. The number of aliphatic hydroxyl groups is 1. The van der Waals surface area contributed by atoms with E-state index in [1.54, 1.807) is 0 Å². The van der Waals surface area contributed by atoms with Gasteiger partial charge in [0.15, 0.2) is 0 Å². The number of hydrogen-bond donors (Lipinski definition) is 2. The molecule has 23 heavy (non-hydrogen) atoms. The molecule has 0 bridgehead atoms. The van der Waals surface area contributed by atoms with Crippen LogP contribution in [0.4, 0.5) is 0 Å². The average molecular weight is 330 g/mol. The normalized spacial score (nSPS) is 10.4. The number of hydrogen-bond acceptors (Lipinski definition) is 2. The molecule has 0 aliphatic carbocycles. The van der Waals surface area contributed by atoms with E-state index < -0.39 is 0 Å². The summed E-state index contributed by atoms with van der Waals surface area (Å²) in [4.78, 5) is 0. The van der Waals surface area contributed by atoms with Crippen molar-refractivity contribution in [2.24, 2.45) is 5.73 Å². The van der Waals surface area contributed by atoms with Gasteiger partial charge >= 0.3 is 0 Å². The summed E-state index contributed by atoms with van der Waals surface area (Å²) in [6.07, 6.45) is 23.3. The van der Waals surface area contributed by atoms with Crippen LogP contribution in [0.25, 0.3) is 0 Å². The van der Waals surface area contributed by atoms with Crippen LogP contribution >= 0.6 is 0 Å². The lowest BCUT2D eigenvalue weighted by Crippen LogP contribution is -1.93. The van der Waals surface area contributed by atoms with Gasteiger partial charge in [-0.15, -0.1) is 0 Å². The molecule has 0 aliphatic heterocycles. The molecule has 0 aromatic carbocycles. The predicted octanol–water partition coefficient (Wildman–Crippen LogP) is 6.60. The van der Waals surface area contributed by atoms with Crippen LogP contribution in [0, 0.1) is 0 Å². The van der Waals surface area contributed by atoms with Crippen molar-refractivity contribution in [3.63, 3.8) is 0 Å². The third-order valence-electron chi connectivity index (χ3n) is 4.30. The smallest absolute Gasteiger partial charge is 0.0431 e. The Balaban J connectivity index is 0. The molecule has 0 heterocycles. The van der Waals surface area contributed by atoms with Gasteiger partial charge < -0.3 is 10.8 Å². The van der Waals surface area contributed by atoms with Gasteiger partial charge in [0.2, 0.25) is 0 Å². The van der Waals surface area contributed by atoms with Crippen LogP contribution in [0.3, 0.4) is 0 Å². The second-order valence-corrected chi connectivity index (χ2v) is 6.82. The molecule has 2 heteroatoms. The molecule has 0 aromatic heterocycles. The second-order valence-electron chi connectivity index (χ2n) is 6.82. The molecule has 0 saturated heterocycles. The minimum Gasteiger partial charge on any atom is -0.396 e. The van der Waals surface area contributed by atoms with E-state index in [1.165, 1.54) is 96.3 Å². The van der Waals surface area contributed by atoms with Crippen LogP contribution in [0.5, 0.6) is 0 Å². The van der Waals surface area contributed by atoms with Crippen molar-refractivity contribution in [3.05, 3.63) is 0 Å². The molecule has 0 saturated carbocycles. The summed E-state index contributed by atoms with van der Waals surface area (Å²) in [5.41, 5.74) is 5.03. The third kappa shape index (κ3) is 30.4. The Morgan fingerprint density at radius 3 is 0.957 bits per heavy atom. The summed E-state index contributed by atoms with van der Waals surface area (Å²) in [6, 6.07) is 0. The van der Waals surface area contributed by atoms with Crippen LogP contribution in [0.15, 0.2) is 0 Å². The van der Waals surface area contributed by atoms with Crippen molar-refractivity contribution < 1.29 is 5.11 Å². The van der Waals surface area contributed by atoms with E-state index in [-0.39, 0.29) is 0 Å². The lowest BCUT2D eigenvalue weighted by atomic mass is 10.0. The zero-order valence-corrected chi connectivity index (χ0v) is 16.5. The summed E-state index contributed by atoms with van der Waals surface area (Å²) < 4.78 is 0. The maximum absolute atomic E-state index is 8.67. The fourth-order valence-electron chi connectivity index (χ4n) is 2.66. The summed E-state index contributed by atoms with van der Waals surface area (Å²) in [5, 5.41) is 8.67. The summed E-state index contributed by atoms with van der Waals surface area (Å²) in [6.45, 7) is 5.53. The first-order valence-corrected chi connectivity index (χ1v) is 10.6. The van der Waals surface area contributed by atoms with Gasteiger partial charge in [0.25, 0.3) is 0 Å². The maximum atomic E-state index is 8.67. The topological polar surface area (TPSA) is 46.2 Å². The van der Waals surface area contributed by atoms with Crippen molar-refractivity contribution in [1.29, 1.82) is 0 Å². The van der Waals surface area contributed by atoms with Gasteiger partial charge in [-0.25, -0.2) is 0 Å². The van der Waals surface area contributed by atoms with Crippen LogP contribution in [-0.4, -0.2) is 18.3 Å². The van der Waals surface area contributed by atoms with Gasteiger partial charge in [-0.2, -0.15) is 0 Å². The lowest BCUT2D eigenvalue weighted by Gasteiger charge is -2.03. The van der Waals surface area contributed by atoms with Crippen LogP contribution < -0.4 is 5.73 Å². The van der Waals surface area contributed by atoms with Crippen LogP contribution in [-0.2, 0) is 0 Å².